The Bertz CT molecular complexity index is 1480. The highest BCUT2D eigenvalue weighted by Crippen LogP contribution is 2.49. The van der Waals surface area contributed by atoms with Crippen molar-refractivity contribution in [3.8, 4) is 0 Å². The van der Waals surface area contributed by atoms with Crippen molar-refractivity contribution in [3.63, 3.8) is 0 Å². The summed E-state index contributed by atoms with van der Waals surface area (Å²) in [5, 5.41) is 51.3. The second-order valence-corrected chi connectivity index (χ2v) is 19.6. The van der Waals surface area contributed by atoms with E-state index in [9.17, 15) is 58.9 Å². The minimum Gasteiger partial charge on any atom is -0.462 e. The van der Waals surface area contributed by atoms with Gasteiger partial charge in [0.2, 0.25) is 0 Å². The van der Waals surface area contributed by atoms with Gasteiger partial charge >= 0.3 is 27.6 Å². The first-order chi connectivity index (χ1) is 31.5. The average molecular weight is 983 g/mol. The number of carbonyl (C=O) groups excluding carboxylic acids is 2. The van der Waals surface area contributed by atoms with Crippen LogP contribution < -0.4 is 0 Å². The standard InChI is InChI=1S/C47H84O17P2/c1-3-5-7-9-11-12-13-14-15-16-17-18-22-27-31-35-41(50)62-39(37-61-66(58,59)64-47-44(53)42(51)43(52)46(45(47)54)63-65(55,56)57)36-60-40(49)34-30-26-23-19-21-25-29-33-38(48)32-28-24-20-10-8-6-4-2/h19-20,23-25,28-29,32,38-39,42-48,51-54H,3-18,21-22,26-27,30-31,33-37H2,1-2H3,(H,58,59)(H2,55,56,57)/b23-19+,24-20-,29-25-,32-28-/t38-,39-,42?,43?,44?,45?,46-,47+/m1/s1. The van der Waals surface area contributed by atoms with E-state index in [2.05, 4.69) is 24.4 Å². The normalized spacial score (nSPS) is 22.4. The van der Waals surface area contributed by atoms with Crippen LogP contribution in [0.15, 0.2) is 48.6 Å². The van der Waals surface area contributed by atoms with Crippen LogP contribution in [0.25, 0.3) is 0 Å². The van der Waals surface area contributed by atoms with Crippen LogP contribution >= 0.6 is 15.6 Å². The van der Waals surface area contributed by atoms with Crippen LogP contribution in [-0.4, -0.2) is 114 Å². The summed E-state index contributed by atoms with van der Waals surface area (Å²) >= 11 is 0. The first-order valence-corrected chi connectivity index (χ1v) is 27.3. The molecule has 17 nitrogen and oxygen atoms in total. The molecule has 66 heavy (non-hydrogen) atoms. The van der Waals surface area contributed by atoms with Gasteiger partial charge in [-0.3, -0.25) is 23.2 Å². The lowest BCUT2D eigenvalue weighted by atomic mass is 9.85. The van der Waals surface area contributed by atoms with Crippen molar-refractivity contribution in [3.05, 3.63) is 48.6 Å². The average Bonchev–Trinajstić information content (AvgIpc) is 3.27. The Hall–Kier alpha value is -2.08. The quantitative estimate of drug-likeness (QED) is 0.00943. The molecule has 1 fully saturated rings. The van der Waals surface area contributed by atoms with Crippen molar-refractivity contribution < 1.29 is 82.0 Å². The lowest BCUT2D eigenvalue weighted by Gasteiger charge is -2.43. The molecule has 19 heteroatoms. The fraction of sp³-hybridized carbons (Fsp3) is 0.787. The van der Waals surface area contributed by atoms with Crippen LogP contribution in [0.2, 0.25) is 0 Å². The molecule has 0 saturated heterocycles. The number of aliphatic hydroxyl groups excluding tert-OH is 5. The molecule has 0 heterocycles. The van der Waals surface area contributed by atoms with Gasteiger partial charge in [0.25, 0.3) is 0 Å². The molecule has 1 saturated carbocycles. The minimum absolute atomic E-state index is 0.0114. The number of hydrogen-bond acceptors (Lipinski definition) is 14. The van der Waals surface area contributed by atoms with Gasteiger partial charge in [0, 0.05) is 12.8 Å². The number of rotatable bonds is 40. The van der Waals surface area contributed by atoms with Gasteiger partial charge in [0.05, 0.1) is 12.7 Å². The van der Waals surface area contributed by atoms with Crippen LogP contribution in [0.4, 0.5) is 0 Å². The van der Waals surface area contributed by atoms with Gasteiger partial charge in [-0.05, 0) is 44.9 Å². The summed E-state index contributed by atoms with van der Waals surface area (Å²) in [5.41, 5.74) is 0. The van der Waals surface area contributed by atoms with Crippen molar-refractivity contribution >= 4 is 27.6 Å². The largest absolute Gasteiger partial charge is 0.472 e. The summed E-state index contributed by atoms with van der Waals surface area (Å²) in [4.78, 5) is 54.3. The number of carbonyl (C=O) groups is 2. The third-order valence-electron chi connectivity index (χ3n) is 11.0. The van der Waals surface area contributed by atoms with E-state index in [0.717, 1.165) is 38.5 Å². The van der Waals surface area contributed by atoms with Crippen molar-refractivity contribution in [2.24, 2.45) is 0 Å². The lowest BCUT2D eigenvalue weighted by molar-refractivity contribution is -0.216. The van der Waals surface area contributed by atoms with E-state index in [1.807, 2.05) is 36.5 Å². The molecule has 0 aliphatic heterocycles. The second kappa shape index (κ2) is 37.8. The van der Waals surface area contributed by atoms with Gasteiger partial charge in [-0.15, -0.1) is 0 Å². The van der Waals surface area contributed by atoms with Gasteiger partial charge in [0.15, 0.2) is 6.10 Å². The van der Waals surface area contributed by atoms with Gasteiger partial charge < -0.3 is 49.7 Å². The molecule has 8 N–H and O–H groups in total. The molecule has 0 bridgehead atoms. The number of esters is 2. The Balaban J connectivity index is 2.64. The van der Waals surface area contributed by atoms with Crippen molar-refractivity contribution in [2.45, 2.75) is 223 Å². The molecule has 9 atom stereocenters. The Morgan fingerprint density at radius 1 is 0.561 bits per heavy atom. The smallest absolute Gasteiger partial charge is 0.462 e. The number of aliphatic hydroxyl groups is 5. The Morgan fingerprint density at radius 3 is 1.67 bits per heavy atom. The van der Waals surface area contributed by atoms with Crippen LogP contribution in [0, 0.1) is 0 Å². The molecule has 0 spiro atoms. The third-order valence-corrected chi connectivity index (χ3v) is 12.5. The van der Waals surface area contributed by atoms with E-state index in [-0.39, 0.29) is 12.8 Å². The first-order valence-electron chi connectivity index (χ1n) is 24.3. The van der Waals surface area contributed by atoms with Gasteiger partial charge in [-0.1, -0.05) is 165 Å². The van der Waals surface area contributed by atoms with Gasteiger partial charge in [-0.25, -0.2) is 9.13 Å². The minimum atomic E-state index is -5.38. The van der Waals surface area contributed by atoms with E-state index in [0.29, 0.717) is 32.1 Å². The third kappa shape index (κ3) is 31.9. The van der Waals surface area contributed by atoms with E-state index >= 15 is 0 Å². The molecule has 0 aromatic carbocycles. The maximum absolute atomic E-state index is 13.0. The number of ether oxygens (including phenoxy) is 2. The second-order valence-electron chi connectivity index (χ2n) is 17.0. The molecule has 5 unspecified atom stereocenters. The van der Waals surface area contributed by atoms with E-state index < -0.39 is 89.6 Å². The summed E-state index contributed by atoms with van der Waals surface area (Å²) in [5.74, 6) is -1.31. The van der Waals surface area contributed by atoms with Gasteiger partial charge in [-0.2, -0.15) is 0 Å². The Kier molecular flexibility index (Phi) is 35.4. The van der Waals surface area contributed by atoms with Crippen LogP contribution in [0.3, 0.4) is 0 Å². The SMILES string of the molecule is CCCCC/C=C\C=C/[C@@H](O)C/C=C\C/C=C/CCCC(=O)OC[C@H](COP(=O)(O)O[C@H]1C(O)C(O)C(O)[C@@H](OP(=O)(O)O)C1O)OC(=O)CCCCCCCCCCCCCCCCC. The molecule has 0 aromatic rings. The maximum atomic E-state index is 13.0. The van der Waals surface area contributed by atoms with Crippen LogP contribution in [0.1, 0.15) is 174 Å². The fourth-order valence-corrected chi connectivity index (χ4v) is 8.70. The van der Waals surface area contributed by atoms with E-state index in [4.69, 9.17) is 18.5 Å². The summed E-state index contributed by atoms with van der Waals surface area (Å²) in [6, 6.07) is 0. The molecule has 1 rings (SSSR count). The Labute approximate surface area is 393 Å². The Morgan fingerprint density at radius 2 is 1.08 bits per heavy atom. The van der Waals surface area contributed by atoms with Gasteiger partial charge in [0.1, 0.15) is 43.2 Å². The zero-order valence-electron chi connectivity index (χ0n) is 39.5. The molecule has 384 valence electrons. The molecular formula is C47H84O17P2. The summed E-state index contributed by atoms with van der Waals surface area (Å²) < 4.78 is 49.3. The zero-order valence-corrected chi connectivity index (χ0v) is 41.3. The number of phosphoric ester groups is 2. The lowest BCUT2D eigenvalue weighted by Crippen LogP contribution is -2.64. The van der Waals surface area contributed by atoms with Crippen LogP contribution in [0.5, 0.6) is 0 Å². The highest BCUT2D eigenvalue weighted by molar-refractivity contribution is 7.47. The van der Waals surface area contributed by atoms with E-state index in [1.54, 1.807) is 6.08 Å². The highest BCUT2D eigenvalue weighted by Gasteiger charge is 2.54. The topological polar surface area (TPSA) is 276 Å². The van der Waals surface area contributed by atoms with Crippen molar-refractivity contribution in [2.75, 3.05) is 13.2 Å². The predicted molar refractivity (Wildman–Crippen MR) is 252 cm³/mol. The number of hydrogen-bond donors (Lipinski definition) is 8. The number of phosphoric acid groups is 2. The highest BCUT2D eigenvalue weighted by atomic mass is 31.2. The predicted octanol–water partition coefficient (Wildman–Crippen LogP) is 8.26. The molecule has 1 aliphatic carbocycles. The van der Waals surface area contributed by atoms with Crippen LogP contribution in [-0.2, 0) is 41.8 Å². The monoisotopic (exact) mass is 983 g/mol. The molecule has 0 radical (unpaired) electrons. The summed E-state index contributed by atoms with van der Waals surface area (Å²) in [6.45, 7) is 2.97. The summed E-state index contributed by atoms with van der Waals surface area (Å²) in [7, 11) is -10.7. The van der Waals surface area contributed by atoms with E-state index in [1.165, 1.54) is 77.0 Å². The first kappa shape index (κ1) is 61.9. The molecular weight excluding hydrogens is 898 g/mol. The summed E-state index contributed by atoms with van der Waals surface area (Å²) in [6.07, 6.45) is 23.8. The maximum Gasteiger partial charge on any atom is 0.472 e. The molecule has 0 aromatic heterocycles. The van der Waals surface area contributed by atoms with Crippen molar-refractivity contribution in [1.82, 2.24) is 0 Å². The fourth-order valence-electron chi connectivity index (χ4n) is 7.16. The number of unbranched alkanes of at least 4 members (excludes halogenated alkanes) is 18. The molecule has 1 aliphatic rings. The number of allylic oxidation sites excluding steroid dienone is 6. The van der Waals surface area contributed by atoms with Crippen molar-refractivity contribution in [1.29, 1.82) is 0 Å². The molecule has 0 amide bonds. The zero-order chi connectivity index (χ0) is 49.1.